The van der Waals surface area contributed by atoms with Crippen LogP contribution in [0.5, 0.6) is 0 Å². The van der Waals surface area contributed by atoms with E-state index in [2.05, 4.69) is 26.2 Å². The first-order chi connectivity index (χ1) is 8.67. The van der Waals surface area contributed by atoms with Crippen molar-refractivity contribution in [2.45, 2.75) is 19.4 Å². The molecule has 3 nitrogen and oxygen atoms in total. The van der Waals surface area contributed by atoms with E-state index in [1.165, 1.54) is 0 Å². The summed E-state index contributed by atoms with van der Waals surface area (Å²) < 4.78 is 0.905. The summed E-state index contributed by atoms with van der Waals surface area (Å²) in [5, 5.41) is 15.0. The van der Waals surface area contributed by atoms with Gasteiger partial charge in [0.2, 0.25) is 0 Å². The van der Waals surface area contributed by atoms with Crippen LogP contribution in [-0.2, 0) is 0 Å². The van der Waals surface area contributed by atoms with Gasteiger partial charge in [-0.2, -0.15) is 0 Å². The summed E-state index contributed by atoms with van der Waals surface area (Å²) in [6, 6.07) is 5.71. The van der Waals surface area contributed by atoms with Gasteiger partial charge in [0, 0.05) is 21.4 Å². The summed E-state index contributed by atoms with van der Waals surface area (Å²) in [4.78, 5) is 4.35. The summed E-state index contributed by atoms with van der Waals surface area (Å²) in [5.41, 5.74) is 0. The highest BCUT2D eigenvalue weighted by molar-refractivity contribution is 9.10. The zero-order valence-corrected chi connectivity index (χ0v) is 12.3. The van der Waals surface area contributed by atoms with Gasteiger partial charge >= 0.3 is 0 Å². The molecule has 0 fully saturated rings. The second kappa shape index (κ2) is 5.87. The first kappa shape index (κ1) is 13.6. The van der Waals surface area contributed by atoms with Gasteiger partial charge < -0.3 is 10.4 Å². The van der Waals surface area contributed by atoms with Crippen LogP contribution in [0.2, 0.25) is 5.02 Å². The van der Waals surface area contributed by atoms with Crippen molar-refractivity contribution in [1.29, 1.82) is 0 Å². The third-order valence-corrected chi connectivity index (χ3v) is 3.82. The van der Waals surface area contributed by atoms with Gasteiger partial charge in [-0.3, -0.25) is 0 Å². The van der Waals surface area contributed by atoms with Crippen LogP contribution in [-0.4, -0.2) is 22.7 Å². The molecule has 0 aliphatic heterocycles. The van der Waals surface area contributed by atoms with Crippen molar-refractivity contribution in [3.63, 3.8) is 0 Å². The molecule has 0 saturated heterocycles. The number of nitrogens with zero attached hydrogens (tertiary/aromatic N) is 1. The lowest BCUT2D eigenvalue weighted by Gasteiger charge is -2.17. The van der Waals surface area contributed by atoms with Gasteiger partial charge in [0.15, 0.2) is 0 Å². The van der Waals surface area contributed by atoms with Gasteiger partial charge in [0.25, 0.3) is 0 Å². The Hall–Kier alpha value is -0.840. The molecular formula is C13H14BrClN2O. The minimum Gasteiger partial charge on any atom is -0.394 e. The molecule has 2 N–H and O–H groups in total. The van der Waals surface area contributed by atoms with Crippen molar-refractivity contribution in [3.05, 3.63) is 33.9 Å². The number of aromatic nitrogens is 1. The fourth-order valence-electron chi connectivity index (χ4n) is 1.80. The number of anilines is 1. The van der Waals surface area contributed by atoms with Crippen molar-refractivity contribution in [1.82, 2.24) is 4.98 Å². The molecule has 0 spiro atoms. The van der Waals surface area contributed by atoms with Crippen LogP contribution < -0.4 is 5.32 Å². The Morgan fingerprint density at radius 1 is 1.50 bits per heavy atom. The summed E-state index contributed by atoms with van der Waals surface area (Å²) in [6.07, 6.45) is 2.56. The molecule has 1 aromatic carbocycles. The number of halogens is 2. The molecule has 1 aromatic heterocycles. The normalized spacial score (nSPS) is 12.7. The average Bonchev–Trinajstić information content (AvgIpc) is 2.39. The number of rotatable bonds is 4. The van der Waals surface area contributed by atoms with Crippen molar-refractivity contribution >= 4 is 44.1 Å². The minimum absolute atomic E-state index is 0.0156. The Labute approximate surface area is 119 Å². The van der Waals surface area contributed by atoms with Crippen molar-refractivity contribution < 1.29 is 5.11 Å². The molecule has 0 amide bonds. The standard InChI is InChI=1S/C13H14BrClN2O/c1-2-8(7-18)17-13-12-9(10(14)6-16-13)4-3-5-11(12)15/h3-6,8,18H,2,7H2,1H3,(H,16,17). The lowest BCUT2D eigenvalue weighted by Crippen LogP contribution is -2.23. The van der Waals surface area contributed by atoms with Crippen molar-refractivity contribution in [3.8, 4) is 0 Å². The van der Waals surface area contributed by atoms with E-state index in [0.717, 1.165) is 21.7 Å². The smallest absolute Gasteiger partial charge is 0.135 e. The third kappa shape index (κ3) is 2.60. The molecular weight excluding hydrogens is 316 g/mol. The number of hydrogen-bond acceptors (Lipinski definition) is 3. The highest BCUT2D eigenvalue weighted by atomic mass is 79.9. The summed E-state index contributed by atoms with van der Waals surface area (Å²) in [6.45, 7) is 2.08. The molecule has 2 rings (SSSR count). The minimum atomic E-state index is -0.0156. The Balaban J connectivity index is 2.54. The lowest BCUT2D eigenvalue weighted by molar-refractivity contribution is 0.271. The molecule has 1 atom stereocenters. The fraction of sp³-hybridized carbons (Fsp3) is 0.308. The van der Waals surface area contributed by atoms with Crippen molar-refractivity contribution in [2.75, 3.05) is 11.9 Å². The Kier molecular flexibility index (Phi) is 4.43. The molecule has 0 radical (unpaired) electrons. The first-order valence-electron chi connectivity index (χ1n) is 5.77. The molecule has 0 saturated carbocycles. The molecule has 0 bridgehead atoms. The Morgan fingerprint density at radius 2 is 2.28 bits per heavy atom. The van der Waals surface area contributed by atoms with Gasteiger partial charge in [-0.05, 0) is 28.4 Å². The highest BCUT2D eigenvalue weighted by Gasteiger charge is 2.12. The van der Waals surface area contributed by atoms with Crippen molar-refractivity contribution in [2.24, 2.45) is 0 Å². The summed E-state index contributed by atoms with van der Waals surface area (Å²) in [7, 11) is 0. The second-order valence-electron chi connectivity index (χ2n) is 4.05. The SMILES string of the molecule is CCC(CO)Nc1ncc(Br)c2cccc(Cl)c12. The van der Waals surface area contributed by atoms with Gasteiger partial charge in [0.05, 0.1) is 17.7 Å². The zero-order chi connectivity index (χ0) is 13.1. The van der Waals surface area contributed by atoms with Crippen LogP contribution in [0.3, 0.4) is 0 Å². The maximum atomic E-state index is 9.25. The zero-order valence-electron chi connectivity index (χ0n) is 9.95. The van der Waals surface area contributed by atoms with E-state index in [1.54, 1.807) is 6.20 Å². The monoisotopic (exact) mass is 328 g/mol. The van der Waals surface area contributed by atoms with Crippen LogP contribution in [0.4, 0.5) is 5.82 Å². The third-order valence-electron chi connectivity index (χ3n) is 2.87. The number of benzene rings is 1. The van der Waals surface area contributed by atoms with E-state index in [1.807, 2.05) is 25.1 Å². The quantitative estimate of drug-likeness (QED) is 0.896. The number of fused-ring (bicyclic) bond motifs is 1. The number of aliphatic hydroxyl groups is 1. The van der Waals surface area contributed by atoms with Crippen LogP contribution in [0.1, 0.15) is 13.3 Å². The van der Waals surface area contributed by atoms with E-state index in [-0.39, 0.29) is 12.6 Å². The fourth-order valence-corrected chi connectivity index (χ4v) is 2.50. The second-order valence-corrected chi connectivity index (χ2v) is 5.31. The van der Waals surface area contributed by atoms with Gasteiger partial charge in [-0.15, -0.1) is 0 Å². The van der Waals surface area contributed by atoms with E-state index < -0.39 is 0 Å². The highest BCUT2D eigenvalue weighted by Crippen LogP contribution is 2.33. The largest absolute Gasteiger partial charge is 0.394 e. The number of pyridine rings is 1. The topological polar surface area (TPSA) is 45.1 Å². The lowest BCUT2D eigenvalue weighted by atomic mass is 10.1. The van der Waals surface area contributed by atoms with E-state index in [9.17, 15) is 5.11 Å². The van der Waals surface area contributed by atoms with Crippen LogP contribution in [0.25, 0.3) is 10.8 Å². The van der Waals surface area contributed by atoms with E-state index >= 15 is 0 Å². The van der Waals surface area contributed by atoms with Gasteiger partial charge in [0.1, 0.15) is 5.82 Å². The Morgan fingerprint density at radius 3 is 2.94 bits per heavy atom. The molecule has 5 heteroatoms. The predicted octanol–water partition coefficient (Wildman–Crippen LogP) is 3.83. The molecule has 1 heterocycles. The van der Waals surface area contributed by atoms with Crippen LogP contribution in [0.15, 0.2) is 28.9 Å². The molecule has 18 heavy (non-hydrogen) atoms. The predicted molar refractivity (Wildman–Crippen MR) is 79.2 cm³/mol. The van der Waals surface area contributed by atoms with Gasteiger partial charge in [-0.25, -0.2) is 4.98 Å². The summed E-state index contributed by atoms with van der Waals surface area (Å²) in [5.74, 6) is 0.708. The first-order valence-corrected chi connectivity index (χ1v) is 6.94. The van der Waals surface area contributed by atoms with E-state index in [0.29, 0.717) is 10.8 Å². The van der Waals surface area contributed by atoms with E-state index in [4.69, 9.17) is 11.6 Å². The summed E-state index contributed by atoms with van der Waals surface area (Å²) >= 11 is 9.71. The van der Waals surface area contributed by atoms with Gasteiger partial charge in [-0.1, -0.05) is 30.7 Å². The molecule has 96 valence electrons. The Bertz CT molecular complexity index is 558. The maximum absolute atomic E-state index is 9.25. The van der Waals surface area contributed by atoms with Crippen LogP contribution >= 0.6 is 27.5 Å². The number of hydrogen-bond donors (Lipinski definition) is 2. The number of nitrogens with one attached hydrogen (secondary N) is 1. The molecule has 1 unspecified atom stereocenters. The van der Waals surface area contributed by atoms with Crippen LogP contribution in [0, 0.1) is 0 Å². The number of aliphatic hydroxyl groups excluding tert-OH is 1. The molecule has 0 aliphatic rings. The molecule has 2 aromatic rings. The maximum Gasteiger partial charge on any atom is 0.135 e. The average molecular weight is 330 g/mol. The molecule has 0 aliphatic carbocycles.